The average Bonchev–Trinajstić information content (AvgIpc) is 3.00. The van der Waals surface area contributed by atoms with E-state index in [-0.39, 0.29) is 12.5 Å². The van der Waals surface area contributed by atoms with Crippen molar-refractivity contribution in [2.75, 3.05) is 13.2 Å². The Morgan fingerprint density at radius 3 is 2.42 bits per heavy atom. The zero-order valence-corrected chi connectivity index (χ0v) is 16.3. The van der Waals surface area contributed by atoms with Crippen molar-refractivity contribution in [2.24, 2.45) is 23.2 Å². The maximum Gasteiger partial charge on any atom is 0.331 e. The molecule has 0 aromatic carbocycles. The summed E-state index contributed by atoms with van der Waals surface area (Å²) in [6.45, 7) is 0.487. The Balaban J connectivity index is 1.21. The molecule has 4 bridgehead atoms. The zero-order chi connectivity index (χ0) is 18.1. The van der Waals surface area contributed by atoms with Gasteiger partial charge in [-0.15, -0.1) is 0 Å². The van der Waals surface area contributed by atoms with Crippen molar-refractivity contribution < 1.29 is 18.7 Å². The first kappa shape index (κ1) is 17.8. The van der Waals surface area contributed by atoms with E-state index in [0.29, 0.717) is 15.8 Å². The average molecular weight is 422 g/mol. The van der Waals surface area contributed by atoms with Gasteiger partial charge in [-0.05, 0) is 95.8 Å². The number of amides is 1. The van der Waals surface area contributed by atoms with Crippen molar-refractivity contribution in [1.82, 2.24) is 5.32 Å². The SMILES string of the molecule is O=C(COC(=O)/C=C/c1ccc(Br)o1)NCC12CC3CC(CC(C3)C1)C2. The van der Waals surface area contributed by atoms with Crippen LogP contribution in [0.25, 0.3) is 6.08 Å². The molecule has 5 rings (SSSR count). The molecule has 1 amide bonds. The summed E-state index contributed by atoms with van der Waals surface area (Å²) in [5.41, 5.74) is 0.293. The predicted molar refractivity (Wildman–Crippen MR) is 100 cm³/mol. The molecular weight excluding hydrogens is 398 g/mol. The Morgan fingerprint density at radius 1 is 1.19 bits per heavy atom. The second-order valence-electron chi connectivity index (χ2n) is 8.28. The molecule has 6 heteroatoms. The fraction of sp³-hybridized carbons (Fsp3) is 0.600. The van der Waals surface area contributed by atoms with E-state index in [1.54, 1.807) is 12.1 Å². The van der Waals surface area contributed by atoms with Gasteiger partial charge >= 0.3 is 5.97 Å². The molecule has 4 fully saturated rings. The fourth-order valence-corrected chi connectivity index (χ4v) is 5.92. The molecule has 1 N–H and O–H groups in total. The molecule has 1 heterocycles. The Kier molecular flexibility index (Phi) is 4.95. The highest BCUT2D eigenvalue weighted by Crippen LogP contribution is 2.59. The van der Waals surface area contributed by atoms with Gasteiger partial charge in [0.05, 0.1) is 0 Å². The molecule has 0 saturated heterocycles. The van der Waals surface area contributed by atoms with Crippen LogP contribution in [-0.2, 0) is 14.3 Å². The molecule has 140 valence electrons. The second-order valence-corrected chi connectivity index (χ2v) is 9.06. The van der Waals surface area contributed by atoms with Gasteiger partial charge in [-0.1, -0.05) is 0 Å². The van der Waals surface area contributed by atoms with Crippen molar-refractivity contribution in [3.05, 3.63) is 28.6 Å². The quantitative estimate of drug-likeness (QED) is 0.557. The number of carbonyl (C=O) groups is 2. The van der Waals surface area contributed by atoms with Crippen LogP contribution in [0.1, 0.15) is 44.3 Å². The van der Waals surface area contributed by atoms with Gasteiger partial charge in [0.15, 0.2) is 11.3 Å². The summed E-state index contributed by atoms with van der Waals surface area (Å²) in [5, 5.41) is 3.01. The lowest BCUT2D eigenvalue weighted by molar-refractivity contribution is -0.144. The molecule has 4 aliphatic carbocycles. The molecule has 1 aromatic heterocycles. The summed E-state index contributed by atoms with van der Waals surface area (Å²) in [4.78, 5) is 23.8. The normalized spacial score (nSPS) is 32.1. The van der Waals surface area contributed by atoms with Crippen molar-refractivity contribution >= 4 is 33.9 Å². The van der Waals surface area contributed by atoms with E-state index in [9.17, 15) is 9.59 Å². The highest BCUT2D eigenvalue weighted by Gasteiger charge is 2.50. The number of rotatable bonds is 6. The minimum absolute atomic E-state index is 0.219. The lowest BCUT2D eigenvalue weighted by Crippen LogP contribution is -2.51. The zero-order valence-electron chi connectivity index (χ0n) is 14.7. The first-order chi connectivity index (χ1) is 12.5. The van der Waals surface area contributed by atoms with Crippen molar-refractivity contribution in [2.45, 2.75) is 38.5 Å². The topological polar surface area (TPSA) is 68.5 Å². The Bertz CT molecular complexity index is 688. The number of ether oxygens (including phenoxy) is 1. The van der Waals surface area contributed by atoms with E-state index < -0.39 is 5.97 Å². The van der Waals surface area contributed by atoms with E-state index in [1.165, 1.54) is 50.7 Å². The summed E-state index contributed by atoms with van der Waals surface area (Å²) in [5.74, 6) is 2.36. The van der Waals surface area contributed by atoms with Crippen LogP contribution in [0.2, 0.25) is 0 Å². The van der Waals surface area contributed by atoms with Crippen molar-refractivity contribution in [3.8, 4) is 0 Å². The number of nitrogens with one attached hydrogen (secondary N) is 1. The second kappa shape index (κ2) is 7.22. The number of carbonyl (C=O) groups excluding carboxylic acids is 2. The first-order valence-electron chi connectivity index (χ1n) is 9.37. The molecule has 0 aliphatic heterocycles. The Morgan fingerprint density at radius 2 is 1.85 bits per heavy atom. The van der Waals surface area contributed by atoms with Crippen molar-refractivity contribution in [3.63, 3.8) is 0 Å². The van der Waals surface area contributed by atoms with Crippen LogP contribution in [0.4, 0.5) is 0 Å². The summed E-state index contributed by atoms with van der Waals surface area (Å²) in [6.07, 6.45) is 10.7. The number of esters is 1. The molecule has 0 radical (unpaired) electrons. The minimum Gasteiger partial charge on any atom is -0.452 e. The molecule has 5 nitrogen and oxygen atoms in total. The summed E-state index contributed by atoms with van der Waals surface area (Å²) in [7, 11) is 0. The van der Waals surface area contributed by atoms with Crippen LogP contribution < -0.4 is 5.32 Å². The maximum atomic E-state index is 12.1. The molecule has 1 aromatic rings. The van der Waals surface area contributed by atoms with Crippen LogP contribution in [0, 0.1) is 23.2 Å². The molecule has 0 spiro atoms. The molecule has 0 unspecified atom stereocenters. The summed E-state index contributed by atoms with van der Waals surface area (Å²) >= 11 is 3.19. The van der Waals surface area contributed by atoms with E-state index in [2.05, 4.69) is 21.2 Å². The molecule has 4 aliphatic rings. The number of hydrogen-bond acceptors (Lipinski definition) is 4. The van der Waals surface area contributed by atoms with Crippen molar-refractivity contribution in [1.29, 1.82) is 0 Å². The van der Waals surface area contributed by atoms with Crippen LogP contribution in [0.3, 0.4) is 0 Å². The molecule has 4 saturated carbocycles. The van der Waals surface area contributed by atoms with Crippen LogP contribution in [-0.4, -0.2) is 25.0 Å². The largest absolute Gasteiger partial charge is 0.452 e. The molecule has 26 heavy (non-hydrogen) atoms. The number of furan rings is 1. The van der Waals surface area contributed by atoms with E-state index in [0.717, 1.165) is 24.3 Å². The van der Waals surface area contributed by atoms with Gasteiger partial charge in [-0.2, -0.15) is 0 Å². The third-order valence-corrected chi connectivity index (χ3v) is 6.58. The third-order valence-electron chi connectivity index (χ3n) is 6.15. The van der Waals surface area contributed by atoms with Crippen LogP contribution >= 0.6 is 15.9 Å². The van der Waals surface area contributed by atoms with Gasteiger partial charge in [-0.3, -0.25) is 4.79 Å². The number of hydrogen-bond donors (Lipinski definition) is 1. The van der Waals surface area contributed by atoms with Gasteiger partial charge in [0.25, 0.3) is 5.91 Å². The monoisotopic (exact) mass is 421 g/mol. The Hall–Kier alpha value is -1.56. The van der Waals surface area contributed by atoms with E-state index in [1.807, 2.05) is 0 Å². The first-order valence-corrected chi connectivity index (χ1v) is 10.2. The van der Waals surface area contributed by atoms with E-state index >= 15 is 0 Å². The smallest absolute Gasteiger partial charge is 0.331 e. The number of halogens is 1. The highest BCUT2D eigenvalue weighted by molar-refractivity contribution is 9.10. The van der Waals surface area contributed by atoms with Gasteiger partial charge in [0.2, 0.25) is 0 Å². The van der Waals surface area contributed by atoms with Gasteiger partial charge in [0, 0.05) is 12.6 Å². The summed E-state index contributed by atoms with van der Waals surface area (Å²) in [6, 6.07) is 3.47. The Labute approximate surface area is 161 Å². The third kappa shape index (κ3) is 4.05. The van der Waals surface area contributed by atoms with Crippen LogP contribution in [0.15, 0.2) is 27.3 Å². The molecule has 0 atom stereocenters. The van der Waals surface area contributed by atoms with Gasteiger partial charge < -0.3 is 14.5 Å². The van der Waals surface area contributed by atoms with Gasteiger partial charge in [-0.25, -0.2) is 4.79 Å². The standard InChI is InChI=1S/C20H24BrNO4/c21-17-3-1-16(26-17)2-4-19(24)25-11-18(23)22-12-20-8-13-5-14(9-20)7-15(6-13)10-20/h1-4,13-15H,5-12H2,(H,22,23)/b4-2+. The van der Waals surface area contributed by atoms with Gasteiger partial charge in [0.1, 0.15) is 5.76 Å². The maximum absolute atomic E-state index is 12.1. The highest BCUT2D eigenvalue weighted by atomic mass is 79.9. The summed E-state index contributed by atoms with van der Waals surface area (Å²) < 4.78 is 10.9. The van der Waals surface area contributed by atoms with E-state index in [4.69, 9.17) is 9.15 Å². The fourth-order valence-electron chi connectivity index (χ4n) is 5.60. The predicted octanol–water partition coefficient (Wildman–Crippen LogP) is 3.93. The van der Waals surface area contributed by atoms with Crippen LogP contribution in [0.5, 0.6) is 0 Å². The lowest BCUT2D eigenvalue weighted by Gasteiger charge is -2.56. The molecular formula is C20H24BrNO4. The minimum atomic E-state index is -0.553. The lowest BCUT2D eigenvalue weighted by atomic mass is 9.49.